The highest BCUT2D eigenvalue weighted by Crippen LogP contribution is 2.31. The van der Waals surface area contributed by atoms with Crippen molar-refractivity contribution >= 4 is 0 Å². The maximum Gasteiger partial charge on any atom is 0.0897 e. The number of aliphatic hydroxyl groups excluding tert-OH is 1. The maximum atomic E-state index is 12.0. The molecule has 1 saturated carbocycles. The zero-order valence-corrected chi connectivity index (χ0v) is 6.93. The van der Waals surface area contributed by atoms with Crippen LogP contribution in [0.25, 0.3) is 0 Å². The lowest BCUT2D eigenvalue weighted by Crippen LogP contribution is -2.22. The number of hydrogen-bond acceptors (Lipinski definition) is 1. The average molecular weight is 160 g/mol. The van der Waals surface area contributed by atoms with E-state index in [0.29, 0.717) is 18.3 Å². The number of halogens is 1. The zero-order chi connectivity index (χ0) is 8.10. The number of alkyl halides is 1. The Labute approximate surface area is 67.6 Å². The summed E-state index contributed by atoms with van der Waals surface area (Å²) >= 11 is 0. The first-order valence-electron chi connectivity index (χ1n) is 4.55. The summed E-state index contributed by atoms with van der Waals surface area (Å²) in [6, 6.07) is 0. The molecule has 0 heterocycles. The van der Waals surface area contributed by atoms with Gasteiger partial charge in [0.05, 0.1) is 6.67 Å². The number of rotatable bonds is 3. The van der Waals surface area contributed by atoms with Gasteiger partial charge in [0.25, 0.3) is 0 Å². The predicted octanol–water partition coefficient (Wildman–Crippen LogP) is 2.14. The molecule has 2 heteroatoms. The molecule has 0 saturated heterocycles. The molecule has 1 fully saturated rings. The lowest BCUT2D eigenvalue weighted by Gasteiger charge is -2.29. The largest absolute Gasteiger partial charge is 0.396 e. The molecule has 2 unspecified atom stereocenters. The molecular weight excluding hydrogens is 143 g/mol. The molecular formula is C9H17FO. The molecule has 1 rings (SSSR count). The third-order valence-corrected chi connectivity index (χ3v) is 2.78. The Morgan fingerprint density at radius 3 is 2.36 bits per heavy atom. The Kier molecular flexibility index (Phi) is 3.84. The van der Waals surface area contributed by atoms with Gasteiger partial charge in [-0.1, -0.05) is 19.3 Å². The van der Waals surface area contributed by atoms with E-state index in [1.807, 2.05) is 0 Å². The van der Waals surface area contributed by atoms with E-state index in [1.165, 1.54) is 12.8 Å². The normalized spacial score (nSPS) is 32.2. The predicted molar refractivity (Wildman–Crippen MR) is 43.1 cm³/mol. The van der Waals surface area contributed by atoms with Crippen LogP contribution < -0.4 is 0 Å². The van der Waals surface area contributed by atoms with Crippen LogP contribution >= 0.6 is 0 Å². The summed E-state index contributed by atoms with van der Waals surface area (Å²) in [4.78, 5) is 0. The molecule has 11 heavy (non-hydrogen) atoms. The van der Waals surface area contributed by atoms with Crippen LogP contribution in [0.1, 0.15) is 32.1 Å². The van der Waals surface area contributed by atoms with Crippen LogP contribution in [0.3, 0.4) is 0 Å². The minimum absolute atomic E-state index is 0.221. The molecule has 0 amide bonds. The highest BCUT2D eigenvalue weighted by Gasteiger charge is 2.23. The monoisotopic (exact) mass is 160 g/mol. The summed E-state index contributed by atoms with van der Waals surface area (Å²) in [5.74, 6) is 0.846. The van der Waals surface area contributed by atoms with Crippen molar-refractivity contribution in [2.45, 2.75) is 32.1 Å². The molecule has 0 spiro atoms. The molecule has 0 aliphatic heterocycles. The minimum atomic E-state index is -0.221. The van der Waals surface area contributed by atoms with E-state index in [0.717, 1.165) is 12.8 Å². The summed E-state index contributed by atoms with van der Waals surface area (Å²) in [5, 5.41) is 8.97. The molecule has 0 bridgehead atoms. The SMILES string of the molecule is OCC1CCCCC1CCF. The van der Waals surface area contributed by atoms with E-state index in [-0.39, 0.29) is 13.3 Å². The molecule has 1 nitrogen and oxygen atoms in total. The van der Waals surface area contributed by atoms with Gasteiger partial charge in [-0.05, 0) is 24.7 Å². The second kappa shape index (κ2) is 4.70. The van der Waals surface area contributed by atoms with Crippen LogP contribution in [-0.2, 0) is 0 Å². The van der Waals surface area contributed by atoms with E-state index in [1.54, 1.807) is 0 Å². The van der Waals surface area contributed by atoms with Crippen LogP contribution in [-0.4, -0.2) is 18.4 Å². The first kappa shape index (κ1) is 8.98. The Hall–Kier alpha value is -0.110. The Morgan fingerprint density at radius 1 is 1.18 bits per heavy atom. The zero-order valence-electron chi connectivity index (χ0n) is 6.93. The van der Waals surface area contributed by atoms with Crippen molar-refractivity contribution in [2.24, 2.45) is 11.8 Å². The summed E-state index contributed by atoms with van der Waals surface area (Å²) in [6.07, 6.45) is 5.32. The van der Waals surface area contributed by atoms with Gasteiger partial charge >= 0.3 is 0 Å². The van der Waals surface area contributed by atoms with Crippen molar-refractivity contribution in [2.75, 3.05) is 13.3 Å². The van der Waals surface area contributed by atoms with Gasteiger partial charge in [-0.25, -0.2) is 0 Å². The van der Waals surface area contributed by atoms with Crippen LogP contribution in [0.15, 0.2) is 0 Å². The fraction of sp³-hybridized carbons (Fsp3) is 1.00. The van der Waals surface area contributed by atoms with Crippen molar-refractivity contribution in [3.8, 4) is 0 Å². The number of aliphatic hydroxyl groups is 1. The van der Waals surface area contributed by atoms with Crippen LogP contribution in [0.5, 0.6) is 0 Å². The van der Waals surface area contributed by atoms with Gasteiger partial charge in [-0.3, -0.25) is 4.39 Å². The quantitative estimate of drug-likeness (QED) is 0.670. The molecule has 0 radical (unpaired) electrons. The van der Waals surface area contributed by atoms with Crippen LogP contribution in [0, 0.1) is 11.8 Å². The lowest BCUT2D eigenvalue weighted by atomic mass is 9.78. The van der Waals surface area contributed by atoms with Crippen LogP contribution in [0.2, 0.25) is 0 Å². The second-order valence-electron chi connectivity index (χ2n) is 3.46. The summed E-state index contributed by atoms with van der Waals surface area (Å²) in [5.41, 5.74) is 0. The van der Waals surface area contributed by atoms with Gasteiger partial charge in [0, 0.05) is 6.61 Å². The van der Waals surface area contributed by atoms with Gasteiger partial charge in [-0.15, -0.1) is 0 Å². The lowest BCUT2D eigenvalue weighted by molar-refractivity contribution is 0.123. The smallest absolute Gasteiger partial charge is 0.0897 e. The van der Waals surface area contributed by atoms with Crippen LogP contribution in [0.4, 0.5) is 4.39 Å². The van der Waals surface area contributed by atoms with Gasteiger partial charge in [-0.2, -0.15) is 0 Å². The first-order valence-corrected chi connectivity index (χ1v) is 4.55. The number of hydrogen-bond donors (Lipinski definition) is 1. The fourth-order valence-corrected chi connectivity index (χ4v) is 2.05. The summed E-state index contributed by atoms with van der Waals surface area (Å²) < 4.78 is 12.0. The summed E-state index contributed by atoms with van der Waals surface area (Å²) in [7, 11) is 0. The van der Waals surface area contributed by atoms with E-state index in [9.17, 15) is 4.39 Å². The highest BCUT2D eigenvalue weighted by atomic mass is 19.1. The van der Waals surface area contributed by atoms with Crippen molar-refractivity contribution in [3.63, 3.8) is 0 Å². The molecule has 2 atom stereocenters. The molecule has 0 aromatic rings. The van der Waals surface area contributed by atoms with Gasteiger partial charge in [0.2, 0.25) is 0 Å². The molecule has 1 aliphatic rings. The fourth-order valence-electron chi connectivity index (χ4n) is 2.05. The molecule has 1 aliphatic carbocycles. The molecule has 0 aromatic carbocycles. The van der Waals surface area contributed by atoms with Crippen molar-refractivity contribution in [1.82, 2.24) is 0 Å². The van der Waals surface area contributed by atoms with Gasteiger partial charge < -0.3 is 5.11 Å². The van der Waals surface area contributed by atoms with Crippen molar-refractivity contribution in [1.29, 1.82) is 0 Å². The molecule has 66 valence electrons. The topological polar surface area (TPSA) is 20.2 Å². The Morgan fingerprint density at radius 2 is 1.82 bits per heavy atom. The van der Waals surface area contributed by atoms with Crippen molar-refractivity contribution < 1.29 is 9.50 Å². The molecule has 0 aromatic heterocycles. The van der Waals surface area contributed by atoms with E-state index in [2.05, 4.69) is 0 Å². The highest BCUT2D eigenvalue weighted by molar-refractivity contribution is 4.74. The standard InChI is InChI=1S/C9H17FO/c10-6-5-8-3-1-2-4-9(8)7-11/h8-9,11H,1-7H2. The minimum Gasteiger partial charge on any atom is -0.396 e. The third-order valence-electron chi connectivity index (χ3n) is 2.78. The van der Waals surface area contributed by atoms with E-state index >= 15 is 0 Å². The maximum absolute atomic E-state index is 12.0. The first-order chi connectivity index (χ1) is 5.38. The summed E-state index contributed by atoms with van der Waals surface area (Å²) in [6.45, 7) is 0.0336. The average Bonchev–Trinajstić information content (AvgIpc) is 2.06. The molecule has 1 N–H and O–H groups in total. The van der Waals surface area contributed by atoms with Gasteiger partial charge in [0.15, 0.2) is 0 Å². The van der Waals surface area contributed by atoms with E-state index < -0.39 is 0 Å². The Balaban J connectivity index is 2.31. The van der Waals surface area contributed by atoms with E-state index in [4.69, 9.17) is 5.11 Å². The van der Waals surface area contributed by atoms with Crippen molar-refractivity contribution in [3.05, 3.63) is 0 Å². The second-order valence-corrected chi connectivity index (χ2v) is 3.46. The Bertz CT molecular complexity index is 104. The third kappa shape index (κ3) is 2.44. The van der Waals surface area contributed by atoms with Gasteiger partial charge in [0.1, 0.15) is 0 Å².